The molecule has 0 aliphatic rings. The third-order valence-corrected chi connectivity index (χ3v) is 3.99. The maximum Gasteiger partial charge on any atom is 0.160 e. The third-order valence-electron chi connectivity index (χ3n) is 2.93. The molecule has 2 rings (SSSR count). The molecule has 0 saturated heterocycles. The second-order valence-corrected chi connectivity index (χ2v) is 6.87. The van der Waals surface area contributed by atoms with Gasteiger partial charge in [0.15, 0.2) is 5.65 Å². The van der Waals surface area contributed by atoms with Gasteiger partial charge in [0, 0.05) is 35.0 Å². The summed E-state index contributed by atoms with van der Waals surface area (Å²) in [6.45, 7) is 4.62. The number of aromatic nitrogens is 3. The topological polar surface area (TPSA) is 47.8 Å². The van der Waals surface area contributed by atoms with Crippen LogP contribution in [0.5, 0.6) is 0 Å². The van der Waals surface area contributed by atoms with Crippen LogP contribution in [0.15, 0.2) is 12.1 Å². The Morgan fingerprint density at radius 2 is 2.16 bits per heavy atom. The van der Waals surface area contributed by atoms with Crippen LogP contribution in [0.2, 0.25) is 0 Å². The fourth-order valence-corrected chi connectivity index (χ4v) is 2.77. The summed E-state index contributed by atoms with van der Waals surface area (Å²) < 4.78 is 13.2. The van der Waals surface area contributed by atoms with Gasteiger partial charge in [-0.2, -0.15) is 0 Å². The zero-order valence-electron chi connectivity index (χ0n) is 11.4. The van der Waals surface area contributed by atoms with Gasteiger partial charge in [0.2, 0.25) is 0 Å². The lowest BCUT2D eigenvalue weighted by Gasteiger charge is -2.09. The molecule has 104 valence electrons. The number of halogens is 1. The Balaban J connectivity index is 2.39. The van der Waals surface area contributed by atoms with Crippen LogP contribution in [0.4, 0.5) is 0 Å². The van der Waals surface area contributed by atoms with E-state index in [9.17, 15) is 4.21 Å². The minimum atomic E-state index is -0.770. The van der Waals surface area contributed by atoms with Gasteiger partial charge in [-0.25, -0.2) is 9.97 Å². The molecule has 0 fully saturated rings. The van der Waals surface area contributed by atoms with Crippen molar-refractivity contribution in [2.24, 2.45) is 0 Å². The van der Waals surface area contributed by atoms with E-state index in [0.717, 1.165) is 35.6 Å². The van der Waals surface area contributed by atoms with E-state index in [1.807, 2.05) is 30.5 Å². The molecule has 2 aromatic rings. The Morgan fingerprint density at radius 3 is 2.79 bits per heavy atom. The Labute approximate surface area is 120 Å². The number of fused-ring (bicyclic) bond motifs is 1. The van der Waals surface area contributed by atoms with Gasteiger partial charge in [0.1, 0.15) is 11.3 Å². The first-order valence-electron chi connectivity index (χ1n) is 6.27. The van der Waals surface area contributed by atoms with Gasteiger partial charge in [-0.3, -0.25) is 4.21 Å². The van der Waals surface area contributed by atoms with Crippen molar-refractivity contribution in [3.05, 3.63) is 23.7 Å². The molecule has 2 unspecified atom stereocenters. The monoisotopic (exact) mass is 299 g/mol. The molecule has 0 N–H and O–H groups in total. The number of rotatable bonds is 5. The molecule has 0 aliphatic heterocycles. The second kappa shape index (κ2) is 6.01. The predicted molar refractivity (Wildman–Crippen MR) is 80.1 cm³/mol. The van der Waals surface area contributed by atoms with Crippen LogP contribution < -0.4 is 0 Å². The van der Waals surface area contributed by atoms with Crippen LogP contribution >= 0.6 is 11.6 Å². The van der Waals surface area contributed by atoms with Gasteiger partial charge in [-0.15, -0.1) is 11.6 Å². The average molecular weight is 300 g/mol. The Bertz CT molecular complexity index is 609. The van der Waals surface area contributed by atoms with Crippen molar-refractivity contribution in [1.29, 1.82) is 0 Å². The third kappa shape index (κ3) is 3.34. The molecule has 0 aliphatic carbocycles. The summed E-state index contributed by atoms with van der Waals surface area (Å²) >= 11 is 6.19. The fourth-order valence-electron chi connectivity index (χ4n) is 2.06. The zero-order valence-corrected chi connectivity index (χ0v) is 13.0. The van der Waals surface area contributed by atoms with Crippen LogP contribution in [0.3, 0.4) is 0 Å². The zero-order chi connectivity index (χ0) is 14.0. The van der Waals surface area contributed by atoms with Crippen LogP contribution in [0.1, 0.15) is 30.2 Å². The van der Waals surface area contributed by atoms with Gasteiger partial charge >= 0.3 is 0 Å². The number of imidazole rings is 1. The first kappa shape index (κ1) is 14.5. The van der Waals surface area contributed by atoms with E-state index < -0.39 is 10.8 Å². The Hall–Kier alpha value is -0.940. The molecule has 0 spiro atoms. The maximum atomic E-state index is 11.2. The molecule has 0 aromatic carbocycles. The number of nitrogens with zero attached hydrogens (tertiary/aromatic N) is 3. The summed E-state index contributed by atoms with van der Waals surface area (Å²) in [5.74, 6) is 1.51. The van der Waals surface area contributed by atoms with Crippen molar-refractivity contribution in [3.8, 4) is 0 Å². The Kier molecular flexibility index (Phi) is 4.58. The van der Waals surface area contributed by atoms with Gasteiger partial charge in [-0.05, 0) is 32.4 Å². The highest BCUT2D eigenvalue weighted by molar-refractivity contribution is 7.84. The van der Waals surface area contributed by atoms with Gasteiger partial charge < -0.3 is 4.57 Å². The lowest BCUT2D eigenvalue weighted by Crippen LogP contribution is -2.08. The minimum Gasteiger partial charge on any atom is -0.311 e. The van der Waals surface area contributed by atoms with Gasteiger partial charge in [0.05, 0.1) is 5.38 Å². The molecule has 2 heterocycles. The van der Waals surface area contributed by atoms with E-state index in [2.05, 4.69) is 9.97 Å². The average Bonchev–Trinajstić information content (AvgIpc) is 2.67. The molecule has 2 atom stereocenters. The minimum absolute atomic E-state index is 0.165. The van der Waals surface area contributed by atoms with E-state index >= 15 is 0 Å². The highest BCUT2D eigenvalue weighted by Crippen LogP contribution is 2.24. The highest BCUT2D eigenvalue weighted by atomic mass is 35.5. The fraction of sp³-hybridized carbons (Fsp3) is 0.538. The van der Waals surface area contributed by atoms with Crippen molar-refractivity contribution in [2.45, 2.75) is 32.2 Å². The summed E-state index contributed by atoms with van der Waals surface area (Å²) in [5, 5.41) is -0.165. The van der Waals surface area contributed by atoms with Crippen molar-refractivity contribution in [1.82, 2.24) is 14.5 Å². The van der Waals surface area contributed by atoms with Crippen LogP contribution in [0, 0.1) is 6.92 Å². The molecular formula is C13H18ClN3OS. The van der Waals surface area contributed by atoms with Gasteiger partial charge in [-0.1, -0.05) is 0 Å². The van der Waals surface area contributed by atoms with E-state index in [0.29, 0.717) is 5.75 Å². The predicted octanol–water partition coefficient (Wildman–Crippen LogP) is 2.81. The summed E-state index contributed by atoms with van der Waals surface area (Å²) in [4.78, 5) is 9.09. The smallest absolute Gasteiger partial charge is 0.160 e. The van der Waals surface area contributed by atoms with E-state index in [1.54, 1.807) is 6.26 Å². The lowest BCUT2D eigenvalue weighted by atomic mass is 10.3. The van der Waals surface area contributed by atoms with Crippen molar-refractivity contribution < 1.29 is 4.21 Å². The number of pyridine rings is 1. The maximum absolute atomic E-state index is 11.2. The molecular weight excluding hydrogens is 282 g/mol. The summed E-state index contributed by atoms with van der Waals surface area (Å²) in [5.41, 5.74) is 2.69. The summed E-state index contributed by atoms with van der Waals surface area (Å²) in [6.07, 6.45) is 2.56. The molecule has 0 radical (unpaired) electrons. The normalized spacial score (nSPS) is 14.7. The van der Waals surface area contributed by atoms with E-state index in [-0.39, 0.29) is 5.38 Å². The van der Waals surface area contributed by atoms with Gasteiger partial charge in [0.25, 0.3) is 0 Å². The van der Waals surface area contributed by atoms with Crippen molar-refractivity contribution in [2.75, 3.05) is 12.0 Å². The second-order valence-electron chi connectivity index (χ2n) is 4.66. The van der Waals surface area contributed by atoms with Crippen LogP contribution in [-0.4, -0.2) is 30.8 Å². The van der Waals surface area contributed by atoms with Crippen molar-refractivity contribution >= 4 is 33.6 Å². The molecule has 19 heavy (non-hydrogen) atoms. The molecule has 6 heteroatoms. The molecule has 2 aromatic heterocycles. The SMILES string of the molecule is Cc1ccc2nc(C(C)Cl)n(CCCS(C)=O)c2n1. The quantitative estimate of drug-likeness (QED) is 0.798. The molecule has 0 saturated carbocycles. The number of aryl methyl sites for hydroxylation is 2. The highest BCUT2D eigenvalue weighted by Gasteiger charge is 2.15. The number of hydrogen-bond acceptors (Lipinski definition) is 3. The first-order chi connectivity index (χ1) is 8.99. The Morgan fingerprint density at radius 1 is 1.42 bits per heavy atom. The number of alkyl halides is 1. The molecule has 0 bridgehead atoms. The van der Waals surface area contributed by atoms with Crippen LogP contribution in [0.25, 0.3) is 11.2 Å². The first-order valence-corrected chi connectivity index (χ1v) is 8.43. The molecule has 4 nitrogen and oxygen atoms in total. The van der Waals surface area contributed by atoms with E-state index in [4.69, 9.17) is 11.6 Å². The number of hydrogen-bond donors (Lipinski definition) is 0. The lowest BCUT2D eigenvalue weighted by molar-refractivity contribution is 0.642. The van der Waals surface area contributed by atoms with E-state index in [1.165, 1.54) is 0 Å². The van der Waals surface area contributed by atoms with Crippen molar-refractivity contribution in [3.63, 3.8) is 0 Å². The molecule has 0 amide bonds. The standard InChI is InChI=1S/C13H18ClN3OS/c1-9-5-6-11-13(15-9)17(7-4-8-19(3)18)12(16-11)10(2)14/h5-6,10H,4,7-8H2,1-3H3. The largest absolute Gasteiger partial charge is 0.311 e. The van der Waals surface area contributed by atoms with Crippen LogP contribution in [-0.2, 0) is 17.3 Å². The summed E-state index contributed by atoms with van der Waals surface area (Å²) in [7, 11) is -0.770. The summed E-state index contributed by atoms with van der Waals surface area (Å²) in [6, 6.07) is 3.92.